The van der Waals surface area contributed by atoms with Crippen molar-refractivity contribution in [3.8, 4) is 0 Å². The third-order valence-electron chi connectivity index (χ3n) is 9.72. The summed E-state index contributed by atoms with van der Waals surface area (Å²) < 4.78 is 6.36. The van der Waals surface area contributed by atoms with E-state index in [0.29, 0.717) is 24.7 Å². The van der Waals surface area contributed by atoms with Gasteiger partial charge in [-0.3, -0.25) is 0 Å². The minimum absolute atomic E-state index is 0.0236. The third kappa shape index (κ3) is 6.06. The Labute approximate surface area is 208 Å². The molecule has 194 valence electrons. The summed E-state index contributed by atoms with van der Waals surface area (Å²) in [6.07, 6.45) is 15.0. The smallest absolute Gasteiger partial charge is 0.0643 e. The van der Waals surface area contributed by atoms with E-state index >= 15 is 0 Å². The molecule has 0 amide bonds. The van der Waals surface area contributed by atoms with Gasteiger partial charge in [-0.05, 0) is 106 Å². The molecule has 4 heteroatoms. The SMILES string of the molecule is C=C1/C(=C\C=C2/CCC[C@]3(C)[C@@H]([C@H](C)OCCCC(O)(CC)CC)CC[C@@H]23)C[C@H](O)C[C@H]1CO. The summed E-state index contributed by atoms with van der Waals surface area (Å²) >= 11 is 0. The number of aliphatic hydroxyl groups excluding tert-OH is 2. The maximum atomic E-state index is 10.5. The Hall–Kier alpha value is -0.940. The van der Waals surface area contributed by atoms with Crippen molar-refractivity contribution in [3.63, 3.8) is 0 Å². The average Bonchev–Trinajstić information content (AvgIpc) is 3.19. The molecule has 0 heterocycles. The predicted octanol–water partition coefficient (Wildman–Crippen LogP) is 6.11. The molecule has 3 aliphatic carbocycles. The summed E-state index contributed by atoms with van der Waals surface area (Å²) in [6.45, 7) is 13.9. The van der Waals surface area contributed by atoms with Crippen LogP contribution in [0.4, 0.5) is 0 Å². The van der Waals surface area contributed by atoms with Crippen LogP contribution < -0.4 is 0 Å². The van der Waals surface area contributed by atoms with E-state index in [1.54, 1.807) is 5.57 Å². The lowest BCUT2D eigenvalue weighted by molar-refractivity contribution is -0.0365. The van der Waals surface area contributed by atoms with Crippen molar-refractivity contribution in [3.05, 3.63) is 35.5 Å². The van der Waals surface area contributed by atoms with Crippen LogP contribution in [-0.2, 0) is 4.74 Å². The molecule has 0 spiro atoms. The minimum atomic E-state index is -0.536. The minimum Gasteiger partial charge on any atom is -0.396 e. The van der Waals surface area contributed by atoms with Crippen molar-refractivity contribution >= 4 is 0 Å². The van der Waals surface area contributed by atoms with E-state index in [1.807, 2.05) is 0 Å². The van der Waals surface area contributed by atoms with Crippen LogP contribution in [0.3, 0.4) is 0 Å². The monoisotopic (exact) mass is 474 g/mol. The zero-order chi connectivity index (χ0) is 24.9. The van der Waals surface area contributed by atoms with E-state index in [1.165, 1.54) is 25.7 Å². The van der Waals surface area contributed by atoms with Gasteiger partial charge in [0.05, 0.1) is 24.4 Å². The number of hydrogen-bond acceptors (Lipinski definition) is 4. The topological polar surface area (TPSA) is 69.9 Å². The molecule has 4 nitrogen and oxygen atoms in total. The molecule has 3 N–H and O–H groups in total. The molecule has 3 aliphatic rings. The first-order chi connectivity index (χ1) is 16.2. The Bertz CT molecular complexity index is 749. The summed E-state index contributed by atoms with van der Waals surface area (Å²) in [5, 5.41) is 30.4. The lowest BCUT2D eigenvalue weighted by Gasteiger charge is -2.44. The zero-order valence-electron chi connectivity index (χ0n) is 22.2. The van der Waals surface area contributed by atoms with Crippen molar-refractivity contribution in [1.29, 1.82) is 0 Å². The molecule has 0 aromatic rings. The highest BCUT2D eigenvalue weighted by molar-refractivity contribution is 5.38. The maximum absolute atomic E-state index is 10.5. The molecular formula is C30H50O4. The first-order valence-corrected chi connectivity index (χ1v) is 13.9. The highest BCUT2D eigenvalue weighted by atomic mass is 16.5. The van der Waals surface area contributed by atoms with Crippen molar-refractivity contribution in [2.75, 3.05) is 13.2 Å². The highest BCUT2D eigenvalue weighted by Crippen LogP contribution is 2.58. The van der Waals surface area contributed by atoms with Crippen molar-refractivity contribution in [2.45, 2.75) is 116 Å². The van der Waals surface area contributed by atoms with Crippen molar-refractivity contribution in [1.82, 2.24) is 0 Å². The molecule has 3 saturated carbocycles. The second-order valence-corrected chi connectivity index (χ2v) is 11.6. The van der Waals surface area contributed by atoms with E-state index < -0.39 is 5.60 Å². The normalized spacial score (nSPS) is 35.7. The van der Waals surface area contributed by atoms with E-state index in [2.05, 4.69) is 46.4 Å². The third-order valence-corrected chi connectivity index (χ3v) is 9.72. The molecule has 3 rings (SSSR count). The predicted molar refractivity (Wildman–Crippen MR) is 139 cm³/mol. The summed E-state index contributed by atoms with van der Waals surface area (Å²) in [5.74, 6) is 1.13. The fourth-order valence-electron chi connectivity index (χ4n) is 7.21. The largest absolute Gasteiger partial charge is 0.396 e. The summed E-state index contributed by atoms with van der Waals surface area (Å²) in [5.41, 5.74) is 3.37. The van der Waals surface area contributed by atoms with E-state index in [4.69, 9.17) is 4.74 Å². The van der Waals surface area contributed by atoms with Crippen LogP contribution in [0.1, 0.15) is 98.3 Å². The summed E-state index contributed by atoms with van der Waals surface area (Å²) in [7, 11) is 0. The Kier molecular flexibility index (Phi) is 9.65. The lowest BCUT2D eigenvalue weighted by atomic mass is 9.62. The second kappa shape index (κ2) is 11.9. The molecule has 0 saturated heterocycles. The van der Waals surface area contributed by atoms with Crippen LogP contribution in [0.2, 0.25) is 0 Å². The maximum Gasteiger partial charge on any atom is 0.0643 e. The van der Waals surface area contributed by atoms with E-state index in [-0.39, 0.29) is 30.1 Å². The quantitative estimate of drug-likeness (QED) is 0.334. The molecular weight excluding hydrogens is 424 g/mol. The molecule has 0 aromatic heterocycles. The van der Waals surface area contributed by atoms with Crippen LogP contribution in [0, 0.1) is 23.2 Å². The lowest BCUT2D eigenvalue weighted by Crippen LogP contribution is -2.39. The molecule has 0 aromatic carbocycles. The fraction of sp³-hybridized carbons (Fsp3) is 0.800. The van der Waals surface area contributed by atoms with Crippen LogP contribution in [0.15, 0.2) is 35.5 Å². The Morgan fingerprint density at radius 2 is 1.97 bits per heavy atom. The van der Waals surface area contributed by atoms with Gasteiger partial charge < -0.3 is 20.1 Å². The first kappa shape index (κ1) is 27.6. The van der Waals surface area contributed by atoms with Crippen LogP contribution in [0.5, 0.6) is 0 Å². The van der Waals surface area contributed by atoms with Gasteiger partial charge in [0.1, 0.15) is 0 Å². The van der Waals surface area contributed by atoms with Crippen molar-refractivity contribution in [2.24, 2.45) is 23.2 Å². The highest BCUT2D eigenvalue weighted by Gasteiger charge is 2.51. The molecule has 0 unspecified atom stereocenters. The van der Waals surface area contributed by atoms with Crippen LogP contribution in [0.25, 0.3) is 0 Å². The fourth-order valence-corrected chi connectivity index (χ4v) is 7.21. The molecule has 3 fully saturated rings. The Morgan fingerprint density at radius 3 is 2.65 bits per heavy atom. The van der Waals surface area contributed by atoms with Gasteiger partial charge in [0.25, 0.3) is 0 Å². The molecule has 0 bridgehead atoms. The van der Waals surface area contributed by atoms with Gasteiger partial charge in [0, 0.05) is 12.5 Å². The molecule has 6 atom stereocenters. The van der Waals surface area contributed by atoms with Gasteiger partial charge >= 0.3 is 0 Å². The number of fused-ring (bicyclic) bond motifs is 1. The van der Waals surface area contributed by atoms with Crippen LogP contribution in [-0.4, -0.2) is 46.3 Å². The van der Waals surface area contributed by atoms with Gasteiger partial charge in [-0.15, -0.1) is 0 Å². The van der Waals surface area contributed by atoms with E-state index in [9.17, 15) is 15.3 Å². The van der Waals surface area contributed by atoms with Gasteiger partial charge in [0.2, 0.25) is 0 Å². The number of hydrogen-bond donors (Lipinski definition) is 3. The number of allylic oxidation sites excluding steroid dienone is 3. The molecule has 0 aliphatic heterocycles. The van der Waals surface area contributed by atoms with Crippen molar-refractivity contribution < 1.29 is 20.1 Å². The number of rotatable bonds is 10. The second-order valence-electron chi connectivity index (χ2n) is 11.6. The van der Waals surface area contributed by atoms with Gasteiger partial charge in [-0.2, -0.15) is 0 Å². The summed E-state index contributed by atoms with van der Waals surface area (Å²) in [4.78, 5) is 0. The van der Waals surface area contributed by atoms with Crippen LogP contribution >= 0.6 is 0 Å². The van der Waals surface area contributed by atoms with Gasteiger partial charge in [-0.25, -0.2) is 0 Å². The molecule has 0 radical (unpaired) electrons. The Morgan fingerprint density at radius 1 is 1.24 bits per heavy atom. The number of ether oxygens (including phenoxy) is 1. The molecule has 34 heavy (non-hydrogen) atoms. The standard InChI is InChI=1S/C30H50O4/c1-6-30(33,7-2)16-9-17-34-22(4)27-13-14-28-23(10-8-15-29(27,28)5)11-12-24-18-26(32)19-25(20-31)21(24)3/h11-12,22,25-28,31-33H,3,6-10,13-20H2,1-2,4-5H3/b23-11+,24-12-/t22-,25-,26-,27+,28-,29+/m0/s1. The van der Waals surface area contributed by atoms with Gasteiger partial charge in [-0.1, -0.05) is 45.1 Å². The first-order valence-electron chi connectivity index (χ1n) is 13.9. The zero-order valence-corrected chi connectivity index (χ0v) is 22.2. The number of aliphatic hydroxyl groups is 3. The van der Waals surface area contributed by atoms with E-state index in [0.717, 1.165) is 49.9 Å². The van der Waals surface area contributed by atoms with Gasteiger partial charge in [0.15, 0.2) is 0 Å². The average molecular weight is 475 g/mol. The Balaban J connectivity index is 1.63. The summed E-state index contributed by atoms with van der Waals surface area (Å²) in [6, 6.07) is 0.